The lowest BCUT2D eigenvalue weighted by atomic mass is 10.1. The lowest BCUT2D eigenvalue weighted by Crippen LogP contribution is -2.31. The third-order valence-electron chi connectivity index (χ3n) is 4.02. The van der Waals surface area contributed by atoms with Gasteiger partial charge in [0, 0.05) is 36.4 Å². The first-order valence-electron chi connectivity index (χ1n) is 7.33. The van der Waals surface area contributed by atoms with Crippen LogP contribution in [0.5, 0.6) is 0 Å². The van der Waals surface area contributed by atoms with E-state index in [4.69, 9.17) is 11.6 Å². The van der Waals surface area contributed by atoms with Gasteiger partial charge in [0.05, 0.1) is 0 Å². The number of carbonyl (C=O) groups excluding carboxylic acids is 1. The summed E-state index contributed by atoms with van der Waals surface area (Å²) in [5.74, 6) is 0.236. The standard InChI is InChI=1S/C16H18ClN3O2/c1-11-2-3-13(17)8-15(11)20-6-4-12(10-20)9-18-16(21)14-5-7-22-19-14/h2-3,5,7-8,12H,4,6,9-10H2,1H3,(H,18,21)/t12-/m1/s1. The van der Waals surface area contributed by atoms with E-state index in [9.17, 15) is 4.79 Å². The highest BCUT2D eigenvalue weighted by atomic mass is 35.5. The summed E-state index contributed by atoms with van der Waals surface area (Å²) in [5.41, 5.74) is 2.72. The molecule has 1 aliphatic rings. The van der Waals surface area contributed by atoms with Gasteiger partial charge < -0.3 is 14.7 Å². The number of rotatable bonds is 4. The zero-order valence-corrected chi connectivity index (χ0v) is 13.1. The fourth-order valence-electron chi connectivity index (χ4n) is 2.80. The van der Waals surface area contributed by atoms with Gasteiger partial charge in [-0.15, -0.1) is 0 Å². The Hall–Kier alpha value is -2.01. The number of halogens is 1. The molecule has 22 heavy (non-hydrogen) atoms. The molecule has 1 fully saturated rings. The first-order chi connectivity index (χ1) is 10.6. The van der Waals surface area contributed by atoms with Crippen LogP contribution in [-0.2, 0) is 0 Å². The van der Waals surface area contributed by atoms with Crippen molar-refractivity contribution in [2.45, 2.75) is 13.3 Å². The monoisotopic (exact) mass is 319 g/mol. The topological polar surface area (TPSA) is 58.4 Å². The molecule has 0 radical (unpaired) electrons. The highest BCUT2D eigenvalue weighted by Gasteiger charge is 2.24. The highest BCUT2D eigenvalue weighted by molar-refractivity contribution is 6.30. The van der Waals surface area contributed by atoms with Gasteiger partial charge in [-0.2, -0.15) is 0 Å². The summed E-state index contributed by atoms with van der Waals surface area (Å²) in [5, 5.41) is 7.30. The number of anilines is 1. The van der Waals surface area contributed by atoms with Crippen LogP contribution >= 0.6 is 11.6 Å². The molecular weight excluding hydrogens is 302 g/mol. The van der Waals surface area contributed by atoms with Crippen LogP contribution in [0.4, 0.5) is 5.69 Å². The second kappa shape index (κ2) is 6.40. The number of aromatic nitrogens is 1. The van der Waals surface area contributed by atoms with Crippen molar-refractivity contribution in [2.75, 3.05) is 24.5 Å². The molecule has 1 aromatic carbocycles. The quantitative estimate of drug-likeness (QED) is 0.941. The van der Waals surface area contributed by atoms with E-state index in [1.54, 1.807) is 6.07 Å². The van der Waals surface area contributed by atoms with Gasteiger partial charge in [0.1, 0.15) is 6.26 Å². The summed E-state index contributed by atoms with van der Waals surface area (Å²) >= 11 is 6.09. The van der Waals surface area contributed by atoms with Crippen molar-refractivity contribution in [3.8, 4) is 0 Å². The molecule has 0 aliphatic carbocycles. The molecule has 3 rings (SSSR count). The second-order valence-corrected chi connectivity index (χ2v) is 6.06. The molecule has 1 amide bonds. The van der Waals surface area contributed by atoms with Crippen molar-refractivity contribution in [3.63, 3.8) is 0 Å². The summed E-state index contributed by atoms with van der Waals surface area (Å²) in [6.07, 6.45) is 2.44. The van der Waals surface area contributed by atoms with E-state index in [0.29, 0.717) is 18.2 Å². The summed E-state index contributed by atoms with van der Waals surface area (Å²) in [6.45, 7) is 4.62. The Bertz CT molecular complexity index is 657. The van der Waals surface area contributed by atoms with Crippen LogP contribution in [0.1, 0.15) is 22.5 Å². The molecule has 5 nitrogen and oxygen atoms in total. The Morgan fingerprint density at radius 1 is 1.50 bits per heavy atom. The normalized spacial score (nSPS) is 17.7. The van der Waals surface area contributed by atoms with Crippen molar-refractivity contribution in [3.05, 3.63) is 46.8 Å². The molecule has 116 valence electrons. The van der Waals surface area contributed by atoms with Crippen molar-refractivity contribution >= 4 is 23.2 Å². The maximum Gasteiger partial charge on any atom is 0.273 e. The molecule has 1 N–H and O–H groups in total. The first kappa shape index (κ1) is 14.9. The Morgan fingerprint density at radius 2 is 2.36 bits per heavy atom. The largest absolute Gasteiger partial charge is 0.371 e. The number of carbonyl (C=O) groups is 1. The summed E-state index contributed by atoms with van der Waals surface area (Å²) in [4.78, 5) is 14.2. The zero-order chi connectivity index (χ0) is 15.5. The minimum absolute atomic E-state index is 0.189. The molecule has 1 saturated heterocycles. The average molecular weight is 320 g/mol. The van der Waals surface area contributed by atoms with E-state index in [1.165, 1.54) is 17.5 Å². The Morgan fingerprint density at radius 3 is 3.14 bits per heavy atom. The van der Waals surface area contributed by atoms with Crippen LogP contribution in [-0.4, -0.2) is 30.7 Å². The number of benzene rings is 1. The van der Waals surface area contributed by atoms with Crippen LogP contribution in [0.15, 0.2) is 35.1 Å². The van der Waals surface area contributed by atoms with Gasteiger partial charge in [0.15, 0.2) is 5.69 Å². The smallest absolute Gasteiger partial charge is 0.273 e. The molecule has 0 saturated carbocycles. The number of hydrogen-bond donors (Lipinski definition) is 1. The van der Waals surface area contributed by atoms with Crippen molar-refractivity contribution in [2.24, 2.45) is 5.92 Å². The predicted molar refractivity (Wildman–Crippen MR) is 85.3 cm³/mol. The van der Waals surface area contributed by atoms with Crippen molar-refractivity contribution in [1.82, 2.24) is 10.5 Å². The molecule has 0 bridgehead atoms. The molecule has 6 heteroatoms. The maximum atomic E-state index is 11.8. The summed E-state index contributed by atoms with van der Waals surface area (Å²) in [7, 11) is 0. The third-order valence-corrected chi connectivity index (χ3v) is 4.25. The van der Waals surface area contributed by atoms with E-state index in [1.807, 2.05) is 18.2 Å². The first-order valence-corrected chi connectivity index (χ1v) is 7.71. The molecule has 2 aromatic rings. The number of hydrogen-bond acceptors (Lipinski definition) is 4. The Labute approximate surface area is 134 Å². The zero-order valence-electron chi connectivity index (χ0n) is 12.4. The lowest BCUT2D eigenvalue weighted by Gasteiger charge is -2.21. The van der Waals surface area contributed by atoms with Gasteiger partial charge in [-0.3, -0.25) is 4.79 Å². The van der Waals surface area contributed by atoms with Gasteiger partial charge in [-0.25, -0.2) is 0 Å². The van der Waals surface area contributed by atoms with Gasteiger partial charge >= 0.3 is 0 Å². The van der Waals surface area contributed by atoms with Gasteiger partial charge in [0.25, 0.3) is 5.91 Å². The number of amides is 1. The van der Waals surface area contributed by atoms with Crippen LogP contribution in [0.25, 0.3) is 0 Å². The van der Waals surface area contributed by atoms with Crippen LogP contribution in [0, 0.1) is 12.8 Å². The van der Waals surface area contributed by atoms with Crippen molar-refractivity contribution < 1.29 is 9.32 Å². The fraction of sp³-hybridized carbons (Fsp3) is 0.375. The Kier molecular flexibility index (Phi) is 4.34. The summed E-state index contributed by atoms with van der Waals surface area (Å²) in [6, 6.07) is 7.52. The predicted octanol–water partition coefficient (Wildman–Crippen LogP) is 2.89. The van der Waals surface area contributed by atoms with E-state index >= 15 is 0 Å². The number of nitrogens with zero attached hydrogens (tertiary/aromatic N) is 2. The van der Waals surface area contributed by atoms with E-state index < -0.39 is 0 Å². The molecule has 1 aromatic heterocycles. The van der Waals surface area contributed by atoms with Gasteiger partial charge in [-0.1, -0.05) is 22.8 Å². The van der Waals surface area contributed by atoms with E-state index in [2.05, 4.69) is 26.8 Å². The second-order valence-electron chi connectivity index (χ2n) is 5.63. The van der Waals surface area contributed by atoms with Crippen molar-refractivity contribution in [1.29, 1.82) is 0 Å². The number of aryl methyl sites for hydroxylation is 1. The number of nitrogens with one attached hydrogen (secondary N) is 1. The average Bonchev–Trinajstić information content (AvgIpc) is 3.18. The highest BCUT2D eigenvalue weighted by Crippen LogP contribution is 2.29. The minimum atomic E-state index is -0.189. The lowest BCUT2D eigenvalue weighted by molar-refractivity contribution is 0.0939. The molecular formula is C16H18ClN3O2. The molecule has 0 unspecified atom stereocenters. The Balaban J connectivity index is 1.56. The molecule has 1 atom stereocenters. The van der Waals surface area contributed by atoms with Gasteiger partial charge in [0.2, 0.25) is 0 Å². The summed E-state index contributed by atoms with van der Waals surface area (Å²) < 4.78 is 4.68. The van der Waals surface area contributed by atoms with E-state index in [-0.39, 0.29) is 5.91 Å². The maximum absolute atomic E-state index is 11.8. The van der Waals surface area contributed by atoms with Crippen LogP contribution < -0.4 is 10.2 Å². The fourth-order valence-corrected chi connectivity index (χ4v) is 2.96. The van der Waals surface area contributed by atoms with E-state index in [0.717, 1.165) is 24.5 Å². The van der Waals surface area contributed by atoms with Gasteiger partial charge in [-0.05, 0) is 37.0 Å². The SMILES string of the molecule is Cc1ccc(Cl)cc1N1CC[C@H](CNC(=O)c2ccon2)C1. The molecule has 1 aliphatic heterocycles. The van der Waals surface area contributed by atoms with Crippen LogP contribution in [0.2, 0.25) is 5.02 Å². The minimum Gasteiger partial charge on any atom is -0.371 e. The third kappa shape index (κ3) is 3.25. The van der Waals surface area contributed by atoms with Crippen LogP contribution in [0.3, 0.4) is 0 Å². The molecule has 2 heterocycles. The molecule has 0 spiro atoms.